The Hall–Kier alpha value is -2.08. The molecule has 2 rings (SSSR count). The van der Waals surface area contributed by atoms with Gasteiger partial charge in [0.15, 0.2) is 0 Å². The molecule has 0 fully saturated rings. The zero-order valence-electron chi connectivity index (χ0n) is 11.5. The van der Waals surface area contributed by atoms with Crippen molar-refractivity contribution in [2.45, 2.75) is 13.3 Å². The van der Waals surface area contributed by atoms with E-state index in [1.54, 1.807) is 36.6 Å². The van der Waals surface area contributed by atoms with Crippen LogP contribution in [0.2, 0.25) is 0 Å². The molecule has 3 N–H and O–H groups in total. The maximum atomic E-state index is 11.5. The van der Waals surface area contributed by atoms with Crippen LogP contribution in [0.4, 0.5) is 5.69 Å². The smallest absolute Gasteiger partial charge is 0.251 e. The van der Waals surface area contributed by atoms with E-state index in [9.17, 15) is 4.79 Å². The fraction of sp³-hybridized carbons (Fsp3) is 0.286. The summed E-state index contributed by atoms with van der Waals surface area (Å²) in [5.74, 6) is 0.434. The highest BCUT2D eigenvalue weighted by atomic mass is 32.1. The monoisotopic (exact) mass is 291 g/mol. The first-order valence-electron chi connectivity index (χ1n) is 6.25. The summed E-state index contributed by atoms with van der Waals surface area (Å²) in [6.45, 7) is 2.52. The van der Waals surface area contributed by atoms with E-state index in [0.29, 0.717) is 23.6 Å². The van der Waals surface area contributed by atoms with Gasteiger partial charge in [0.1, 0.15) is 5.75 Å². The number of aromatic nitrogens is 1. The first-order chi connectivity index (χ1) is 9.61. The summed E-state index contributed by atoms with van der Waals surface area (Å²) in [4.78, 5) is 16.9. The van der Waals surface area contributed by atoms with Gasteiger partial charge in [-0.05, 0) is 25.1 Å². The van der Waals surface area contributed by atoms with Gasteiger partial charge >= 0.3 is 0 Å². The van der Waals surface area contributed by atoms with Crippen molar-refractivity contribution in [1.29, 1.82) is 0 Å². The first-order valence-corrected chi connectivity index (χ1v) is 7.13. The summed E-state index contributed by atoms with van der Waals surface area (Å²) in [7, 11) is 1.58. The largest absolute Gasteiger partial charge is 0.491 e. The van der Waals surface area contributed by atoms with Crippen LogP contribution < -0.4 is 15.8 Å². The summed E-state index contributed by atoms with van der Waals surface area (Å²) < 4.78 is 5.66. The van der Waals surface area contributed by atoms with Gasteiger partial charge in [0.05, 0.1) is 23.5 Å². The van der Waals surface area contributed by atoms with Gasteiger partial charge in [-0.1, -0.05) is 0 Å². The number of ether oxygens (including phenoxy) is 1. The van der Waals surface area contributed by atoms with Crippen molar-refractivity contribution < 1.29 is 9.53 Å². The van der Waals surface area contributed by atoms with Crippen molar-refractivity contribution in [1.82, 2.24) is 10.3 Å². The Morgan fingerprint density at radius 1 is 1.50 bits per heavy atom. The number of nitrogen functional groups attached to an aromatic ring is 1. The van der Waals surface area contributed by atoms with Crippen LogP contribution in [-0.4, -0.2) is 24.5 Å². The Labute approximate surface area is 121 Å². The molecule has 0 radical (unpaired) electrons. The number of hydrogen-bond acceptors (Lipinski definition) is 5. The van der Waals surface area contributed by atoms with E-state index in [1.807, 2.05) is 12.4 Å². The third-order valence-corrected chi connectivity index (χ3v) is 3.93. The molecule has 0 aliphatic rings. The molecule has 0 spiro atoms. The number of aryl methyl sites for hydroxylation is 1. The number of nitrogens with two attached hydrogens (primary N) is 1. The van der Waals surface area contributed by atoms with Crippen molar-refractivity contribution in [3.63, 3.8) is 0 Å². The molecule has 1 aromatic heterocycles. The highest BCUT2D eigenvalue weighted by molar-refractivity contribution is 7.09. The molecule has 106 valence electrons. The van der Waals surface area contributed by atoms with E-state index >= 15 is 0 Å². The van der Waals surface area contributed by atoms with E-state index in [0.717, 1.165) is 12.1 Å². The molecule has 0 aliphatic heterocycles. The second-order valence-corrected chi connectivity index (χ2v) is 5.23. The fourth-order valence-corrected chi connectivity index (χ4v) is 2.55. The Bertz CT molecular complexity index is 610. The maximum Gasteiger partial charge on any atom is 0.251 e. The van der Waals surface area contributed by atoms with Gasteiger partial charge in [-0.15, -0.1) is 11.3 Å². The van der Waals surface area contributed by atoms with Gasteiger partial charge in [-0.2, -0.15) is 0 Å². The van der Waals surface area contributed by atoms with Gasteiger partial charge < -0.3 is 15.8 Å². The normalized spacial score (nSPS) is 10.3. The molecule has 1 amide bonds. The number of benzene rings is 1. The highest BCUT2D eigenvalue weighted by Gasteiger charge is 2.08. The molecule has 1 heterocycles. The van der Waals surface area contributed by atoms with Crippen molar-refractivity contribution in [3.05, 3.63) is 39.8 Å². The van der Waals surface area contributed by atoms with Crippen LogP contribution in [-0.2, 0) is 6.42 Å². The predicted octanol–water partition coefficient (Wildman–Crippen LogP) is 2.01. The van der Waals surface area contributed by atoms with E-state index in [2.05, 4.69) is 10.3 Å². The number of carbonyl (C=O) groups excluding carboxylic acids is 1. The summed E-state index contributed by atoms with van der Waals surface area (Å²) in [5, 5.41) is 2.56. The fourth-order valence-electron chi connectivity index (χ4n) is 1.79. The predicted molar refractivity (Wildman–Crippen MR) is 80.3 cm³/mol. The first kappa shape index (κ1) is 14.3. The third kappa shape index (κ3) is 3.27. The molecular weight excluding hydrogens is 274 g/mol. The van der Waals surface area contributed by atoms with Crippen molar-refractivity contribution in [2.24, 2.45) is 0 Å². The van der Waals surface area contributed by atoms with Crippen LogP contribution in [0.25, 0.3) is 0 Å². The number of carbonyl (C=O) groups is 1. The lowest BCUT2D eigenvalue weighted by atomic mass is 10.2. The molecule has 2 aromatic rings. The minimum Gasteiger partial charge on any atom is -0.491 e. The molecule has 6 heteroatoms. The summed E-state index contributed by atoms with van der Waals surface area (Å²) in [5.41, 5.74) is 9.75. The lowest BCUT2D eigenvalue weighted by Crippen LogP contribution is -2.18. The Balaban J connectivity index is 1.96. The van der Waals surface area contributed by atoms with Gasteiger partial charge in [-0.3, -0.25) is 4.79 Å². The number of nitrogens with one attached hydrogen (secondary N) is 1. The molecule has 1 aromatic carbocycles. The van der Waals surface area contributed by atoms with E-state index in [-0.39, 0.29) is 5.91 Å². The minimum absolute atomic E-state index is 0.163. The van der Waals surface area contributed by atoms with Gasteiger partial charge in [0.25, 0.3) is 5.91 Å². The van der Waals surface area contributed by atoms with E-state index in [4.69, 9.17) is 10.5 Å². The number of thiazole rings is 1. The van der Waals surface area contributed by atoms with Crippen LogP contribution in [0.5, 0.6) is 5.75 Å². The molecular formula is C14H17N3O2S. The standard InChI is InChI=1S/C14H17N3O2S/c1-9-13(20-8-17-9)5-6-19-12-4-3-10(7-11(12)15)14(18)16-2/h3-4,7-8H,5-6,15H2,1-2H3,(H,16,18). The molecule has 0 aliphatic carbocycles. The number of hydrogen-bond donors (Lipinski definition) is 2. The topological polar surface area (TPSA) is 77.2 Å². The minimum atomic E-state index is -0.163. The lowest BCUT2D eigenvalue weighted by Gasteiger charge is -2.09. The molecule has 0 unspecified atom stereocenters. The Morgan fingerprint density at radius 2 is 2.30 bits per heavy atom. The summed E-state index contributed by atoms with van der Waals surface area (Å²) in [6.07, 6.45) is 0.799. The number of nitrogens with zero attached hydrogens (tertiary/aromatic N) is 1. The van der Waals surface area contributed by atoms with Crippen molar-refractivity contribution in [3.8, 4) is 5.75 Å². The zero-order valence-corrected chi connectivity index (χ0v) is 12.3. The zero-order chi connectivity index (χ0) is 14.5. The van der Waals surface area contributed by atoms with Crippen molar-refractivity contribution >= 4 is 22.9 Å². The number of rotatable bonds is 5. The second-order valence-electron chi connectivity index (χ2n) is 4.29. The number of anilines is 1. The number of amides is 1. The average molecular weight is 291 g/mol. The molecule has 0 saturated heterocycles. The second kappa shape index (κ2) is 6.38. The lowest BCUT2D eigenvalue weighted by molar-refractivity contribution is 0.0963. The van der Waals surface area contributed by atoms with Gasteiger partial charge in [0.2, 0.25) is 0 Å². The van der Waals surface area contributed by atoms with Crippen molar-refractivity contribution in [2.75, 3.05) is 19.4 Å². The molecule has 0 bridgehead atoms. The quantitative estimate of drug-likeness (QED) is 0.826. The third-order valence-electron chi connectivity index (χ3n) is 2.93. The molecule has 0 saturated carbocycles. The van der Waals surface area contributed by atoms with Crippen LogP contribution in [0.1, 0.15) is 20.9 Å². The summed E-state index contributed by atoms with van der Waals surface area (Å²) >= 11 is 1.62. The van der Waals surface area contributed by atoms with Gasteiger partial charge in [0, 0.05) is 23.9 Å². The van der Waals surface area contributed by atoms with Crippen LogP contribution in [0.3, 0.4) is 0 Å². The van der Waals surface area contributed by atoms with Crippen LogP contribution in [0, 0.1) is 6.92 Å². The summed E-state index contributed by atoms with van der Waals surface area (Å²) in [6, 6.07) is 5.04. The van der Waals surface area contributed by atoms with E-state index in [1.165, 1.54) is 4.88 Å². The highest BCUT2D eigenvalue weighted by Crippen LogP contribution is 2.23. The molecule has 0 atom stereocenters. The maximum absolute atomic E-state index is 11.5. The Morgan fingerprint density at radius 3 is 2.90 bits per heavy atom. The Kier molecular flexibility index (Phi) is 4.57. The van der Waals surface area contributed by atoms with Crippen LogP contribution >= 0.6 is 11.3 Å². The van der Waals surface area contributed by atoms with Crippen LogP contribution in [0.15, 0.2) is 23.7 Å². The van der Waals surface area contributed by atoms with Gasteiger partial charge in [-0.25, -0.2) is 4.98 Å². The van der Waals surface area contributed by atoms with E-state index < -0.39 is 0 Å². The molecule has 5 nitrogen and oxygen atoms in total. The SMILES string of the molecule is CNC(=O)c1ccc(OCCc2scnc2C)c(N)c1. The molecule has 20 heavy (non-hydrogen) atoms. The average Bonchev–Trinajstić information content (AvgIpc) is 2.85.